The average molecular weight is 254 g/mol. The van der Waals surface area contributed by atoms with Gasteiger partial charge in [-0.25, -0.2) is 0 Å². The summed E-state index contributed by atoms with van der Waals surface area (Å²) in [6.45, 7) is 9.88. The zero-order chi connectivity index (χ0) is 12.4. The molecule has 1 aromatic heterocycles. The first-order valence-corrected chi connectivity index (χ1v) is 7.32. The van der Waals surface area contributed by atoms with Gasteiger partial charge in [-0.1, -0.05) is 32.1 Å². The van der Waals surface area contributed by atoms with Crippen LogP contribution in [0.1, 0.15) is 50.1 Å². The Hall–Kier alpha value is -0.610. The summed E-state index contributed by atoms with van der Waals surface area (Å²) in [6, 6.07) is 0. The number of aromatic nitrogens is 1. The largest absolute Gasteiger partial charge is 0.316 e. The van der Waals surface area contributed by atoms with Crippen LogP contribution < -0.4 is 4.87 Å². The van der Waals surface area contributed by atoms with Crippen LogP contribution in [0.5, 0.6) is 0 Å². The van der Waals surface area contributed by atoms with Crippen LogP contribution in [0.3, 0.4) is 0 Å². The van der Waals surface area contributed by atoms with Crippen molar-refractivity contribution in [2.45, 2.75) is 46.1 Å². The van der Waals surface area contributed by atoms with Gasteiger partial charge in [-0.3, -0.25) is 9.69 Å². The van der Waals surface area contributed by atoms with Crippen molar-refractivity contribution in [3.8, 4) is 0 Å². The minimum absolute atomic E-state index is 0.0914. The lowest BCUT2D eigenvalue weighted by Crippen LogP contribution is -2.33. The Kier molecular flexibility index (Phi) is 4.05. The Bertz CT molecular complexity index is 421. The van der Waals surface area contributed by atoms with Crippen molar-refractivity contribution in [3.63, 3.8) is 0 Å². The molecule has 1 aliphatic rings. The third-order valence-electron chi connectivity index (χ3n) is 3.44. The molecule has 1 fully saturated rings. The molecule has 2 rings (SSSR count). The molecule has 1 N–H and O–H groups in total. The zero-order valence-electron chi connectivity index (χ0n) is 11.0. The van der Waals surface area contributed by atoms with Gasteiger partial charge >= 0.3 is 4.87 Å². The molecule has 0 bridgehead atoms. The van der Waals surface area contributed by atoms with E-state index >= 15 is 0 Å². The van der Waals surface area contributed by atoms with Crippen LogP contribution in [0.25, 0.3) is 0 Å². The predicted octanol–water partition coefficient (Wildman–Crippen LogP) is 2.79. The molecule has 96 valence electrons. The first kappa shape index (κ1) is 12.8. The Morgan fingerprint density at radius 2 is 2.29 bits per heavy atom. The molecule has 3 nitrogen and oxygen atoms in total. The molecule has 1 atom stereocenters. The Morgan fingerprint density at radius 1 is 1.53 bits per heavy atom. The first-order valence-electron chi connectivity index (χ1n) is 6.50. The van der Waals surface area contributed by atoms with Gasteiger partial charge in [0.05, 0.1) is 0 Å². The number of rotatable bonds is 3. The van der Waals surface area contributed by atoms with E-state index in [0.29, 0.717) is 5.92 Å². The molecule has 0 spiro atoms. The highest BCUT2D eigenvalue weighted by Crippen LogP contribution is 2.23. The van der Waals surface area contributed by atoms with Crippen LogP contribution in [0.4, 0.5) is 0 Å². The maximum Gasteiger partial charge on any atom is 0.304 e. The van der Waals surface area contributed by atoms with E-state index in [1.54, 1.807) is 0 Å². The highest BCUT2D eigenvalue weighted by molar-refractivity contribution is 7.09. The van der Waals surface area contributed by atoms with Crippen LogP contribution >= 0.6 is 11.3 Å². The summed E-state index contributed by atoms with van der Waals surface area (Å²) in [5.41, 5.74) is 1.14. The molecule has 1 unspecified atom stereocenters. The van der Waals surface area contributed by atoms with E-state index in [2.05, 4.69) is 30.7 Å². The number of likely N-dealkylation sites (tertiary alicyclic amines) is 1. The van der Waals surface area contributed by atoms with Crippen molar-refractivity contribution < 1.29 is 0 Å². The Labute approximate surface area is 107 Å². The second kappa shape index (κ2) is 5.36. The molecule has 0 saturated carbocycles. The van der Waals surface area contributed by atoms with E-state index in [1.807, 2.05) is 0 Å². The number of hydrogen-bond donors (Lipinski definition) is 1. The average Bonchev–Trinajstić information content (AvgIpc) is 2.59. The lowest BCUT2D eigenvalue weighted by Gasteiger charge is -2.30. The summed E-state index contributed by atoms with van der Waals surface area (Å²) in [4.78, 5) is 18.3. The smallest absolute Gasteiger partial charge is 0.304 e. The molecular formula is C13H22N2OS. The van der Waals surface area contributed by atoms with Gasteiger partial charge in [0.1, 0.15) is 0 Å². The second-order valence-corrected chi connectivity index (χ2v) is 6.56. The summed E-state index contributed by atoms with van der Waals surface area (Å²) in [5, 5.41) is 0. The predicted molar refractivity (Wildman–Crippen MR) is 72.7 cm³/mol. The highest BCUT2D eigenvalue weighted by atomic mass is 32.1. The maximum absolute atomic E-state index is 11.5. The van der Waals surface area contributed by atoms with E-state index < -0.39 is 0 Å². The summed E-state index contributed by atoms with van der Waals surface area (Å²) >= 11 is 1.38. The van der Waals surface area contributed by atoms with Crippen molar-refractivity contribution >= 4 is 11.3 Å². The maximum atomic E-state index is 11.5. The van der Waals surface area contributed by atoms with Gasteiger partial charge in [0, 0.05) is 23.7 Å². The zero-order valence-corrected chi connectivity index (χ0v) is 11.8. The lowest BCUT2D eigenvalue weighted by molar-refractivity contribution is 0.177. The van der Waals surface area contributed by atoms with Crippen molar-refractivity contribution in [2.75, 3.05) is 13.1 Å². The standard InChI is InChI=1S/C13H22N2OS/c1-9(2)12-11(17-13(16)14-12)8-15-6-4-5-10(3)7-15/h9-10H,4-8H2,1-3H3,(H,14,16). The molecule has 1 aromatic rings. The van der Waals surface area contributed by atoms with Gasteiger partial charge in [0.2, 0.25) is 0 Å². The normalized spacial score (nSPS) is 22.2. The molecule has 17 heavy (non-hydrogen) atoms. The topological polar surface area (TPSA) is 36.1 Å². The number of hydrogen-bond acceptors (Lipinski definition) is 3. The van der Waals surface area contributed by atoms with E-state index in [1.165, 1.54) is 42.1 Å². The molecule has 0 aromatic carbocycles. The first-order chi connectivity index (χ1) is 8.06. The second-order valence-electron chi connectivity index (χ2n) is 5.49. The molecule has 2 heterocycles. The molecular weight excluding hydrogens is 232 g/mol. The van der Waals surface area contributed by atoms with Gasteiger partial charge in [-0.2, -0.15) is 0 Å². The molecule has 0 aliphatic carbocycles. The van der Waals surface area contributed by atoms with Crippen molar-refractivity contribution in [2.24, 2.45) is 5.92 Å². The van der Waals surface area contributed by atoms with Crippen molar-refractivity contribution in [3.05, 3.63) is 20.2 Å². The minimum Gasteiger partial charge on any atom is -0.316 e. The van der Waals surface area contributed by atoms with Crippen LogP contribution in [0.15, 0.2) is 4.79 Å². The number of thiazole rings is 1. The van der Waals surface area contributed by atoms with Crippen molar-refractivity contribution in [1.29, 1.82) is 0 Å². The lowest BCUT2D eigenvalue weighted by atomic mass is 10.00. The molecule has 0 radical (unpaired) electrons. The summed E-state index contributed by atoms with van der Waals surface area (Å²) in [7, 11) is 0. The van der Waals surface area contributed by atoms with Crippen LogP contribution in [0.2, 0.25) is 0 Å². The fourth-order valence-electron chi connectivity index (χ4n) is 2.59. The summed E-state index contributed by atoms with van der Waals surface area (Å²) in [6.07, 6.45) is 2.63. The van der Waals surface area contributed by atoms with E-state index in [0.717, 1.165) is 18.2 Å². The quantitative estimate of drug-likeness (QED) is 0.900. The van der Waals surface area contributed by atoms with Crippen LogP contribution in [-0.4, -0.2) is 23.0 Å². The van der Waals surface area contributed by atoms with E-state index in [-0.39, 0.29) is 4.87 Å². The third-order valence-corrected chi connectivity index (χ3v) is 4.32. The minimum atomic E-state index is 0.0914. The third kappa shape index (κ3) is 3.19. The van der Waals surface area contributed by atoms with Gasteiger partial charge in [-0.05, 0) is 31.2 Å². The summed E-state index contributed by atoms with van der Waals surface area (Å²) in [5.74, 6) is 1.20. The molecule has 1 saturated heterocycles. The monoisotopic (exact) mass is 254 g/mol. The van der Waals surface area contributed by atoms with Gasteiger partial charge in [-0.15, -0.1) is 0 Å². The molecule has 0 amide bonds. The number of nitrogens with zero attached hydrogens (tertiary/aromatic N) is 1. The number of H-pyrrole nitrogens is 1. The van der Waals surface area contributed by atoms with Gasteiger partial charge in [0.25, 0.3) is 0 Å². The van der Waals surface area contributed by atoms with E-state index in [4.69, 9.17) is 0 Å². The van der Waals surface area contributed by atoms with Crippen LogP contribution in [0, 0.1) is 5.92 Å². The Morgan fingerprint density at radius 3 is 2.94 bits per heavy atom. The number of piperidine rings is 1. The molecule has 4 heteroatoms. The molecule has 1 aliphatic heterocycles. The number of aromatic amines is 1. The summed E-state index contributed by atoms with van der Waals surface area (Å²) < 4.78 is 0. The fourth-order valence-corrected chi connectivity index (χ4v) is 3.62. The van der Waals surface area contributed by atoms with Gasteiger partial charge in [0.15, 0.2) is 0 Å². The SMILES string of the molecule is CC1CCCN(Cc2sc(=O)[nH]c2C(C)C)C1. The highest BCUT2D eigenvalue weighted by Gasteiger charge is 2.19. The van der Waals surface area contributed by atoms with Crippen molar-refractivity contribution in [1.82, 2.24) is 9.88 Å². The van der Waals surface area contributed by atoms with Crippen LogP contribution in [-0.2, 0) is 6.54 Å². The Balaban J connectivity index is 2.09. The number of nitrogens with one attached hydrogen (secondary N) is 1. The van der Waals surface area contributed by atoms with E-state index in [9.17, 15) is 4.79 Å². The fraction of sp³-hybridized carbons (Fsp3) is 0.769. The van der Waals surface area contributed by atoms with Gasteiger partial charge < -0.3 is 4.98 Å².